The molecule has 0 aromatic heterocycles. The van der Waals surface area contributed by atoms with Gasteiger partial charge in [-0.2, -0.15) is 5.90 Å². The van der Waals surface area contributed by atoms with E-state index in [2.05, 4.69) is 4.84 Å². The maximum Gasteiger partial charge on any atom is 0.165 e. The second-order valence-electron chi connectivity index (χ2n) is 3.13. The molecule has 0 saturated carbocycles. The van der Waals surface area contributed by atoms with Crippen LogP contribution in [0.3, 0.4) is 0 Å². The number of hydrogen-bond acceptors (Lipinski definition) is 2. The lowest BCUT2D eigenvalue weighted by molar-refractivity contribution is 0.335. The predicted molar refractivity (Wildman–Crippen MR) is 61.7 cm³/mol. The zero-order valence-electron chi connectivity index (χ0n) is 7.98. The van der Waals surface area contributed by atoms with Crippen molar-refractivity contribution >= 4 is 11.6 Å². The highest BCUT2D eigenvalue weighted by molar-refractivity contribution is 6.32. The minimum absolute atomic E-state index is 0.483. The molecule has 0 radical (unpaired) electrons. The van der Waals surface area contributed by atoms with E-state index in [1.54, 1.807) is 6.07 Å². The van der Waals surface area contributed by atoms with Crippen LogP contribution in [0.2, 0.25) is 5.02 Å². The fourth-order valence-corrected chi connectivity index (χ4v) is 1.63. The molecule has 2 nitrogen and oxygen atoms in total. The third kappa shape index (κ3) is 2.12. The summed E-state index contributed by atoms with van der Waals surface area (Å²) in [5.74, 6) is 5.54. The number of rotatable bonds is 2. The number of halogens is 1. The van der Waals surface area contributed by atoms with E-state index < -0.39 is 0 Å². The van der Waals surface area contributed by atoms with Crippen molar-refractivity contribution in [2.24, 2.45) is 5.90 Å². The Morgan fingerprint density at radius 3 is 2.27 bits per heavy atom. The van der Waals surface area contributed by atoms with Gasteiger partial charge in [-0.1, -0.05) is 48.0 Å². The quantitative estimate of drug-likeness (QED) is 0.787. The molecule has 0 bridgehead atoms. The van der Waals surface area contributed by atoms with Gasteiger partial charge in [-0.3, -0.25) is 0 Å². The van der Waals surface area contributed by atoms with E-state index in [9.17, 15) is 0 Å². The molecule has 0 unspecified atom stereocenters. The van der Waals surface area contributed by atoms with Crippen molar-refractivity contribution in [3.05, 3.63) is 53.6 Å². The van der Waals surface area contributed by atoms with Gasteiger partial charge in [-0.05, 0) is 23.3 Å². The van der Waals surface area contributed by atoms with E-state index in [1.807, 2.05) is 42.5 Å². The first-order chi connectivity index (χ1) is 7.31. The second kappa shape index (κ2) is 4.34. The first-order valence-electron chi connectivity index (χ1n) is 4.53. The molecule has 15 heavy (non-hydrogen) atoms. The summed E-state index contributed by atoms with van der Waals surface area (Å²) in [6.07, 6.45) is 0. The molecule has 0 aliphatic rings. The topological polar surface area (TPSA) is 35.2 Å². The van der Waals surface area contributed by atoms with Gasteiger partial charge in [-0.15, -0.1) is 0 Å². The summed E-state index contributed by atoms with van der Waals surface area (Å²) in [7, 11) is 0. The lowest BCUT2D eigenvalue weighted by Crippen LogP contribution is -2.01. The van der Waals surface area contributed by atoms with Gasteiger partial charge >= 0.3 is 0 Å². The smallest absolute Gasteiger partial charge is 0.165 e. The average molecular weight is 220 g/mol. The molecule has 2 aromatic rings. The van der Waals surface area contributed by atoms with Crippen molar-refractivity contribution in [2.75, 3.05) is 0 Å². The van der Waals surface area contributed by atoms with E-state index in [4.69, 9.17) is 17.5 Å². The molecule has 3 heteroatoms. The van der Waals surface area contributed by atoms with Crippen LogP contribution in [-0.2, 0) is 0 Å². The molecule has 0 heterocycles. The van der Waals surface area contributed by atoms with Crippen LogP contribution in [0.5, 0.6) is 5.75 Å². The van der Waals surface area contributed by atoms with Crippen LogP contribution in [0, 0.1) is 0 Å². The lowest BCUT2D eigenvalue weighted by Gasteiger charge is -2.05. The number of nitrogens with two attached hydrogens (primary N) is 1. The molecule has 2 N–H and O–H groups in total. The number of benzene rings is 2. The Balaban J connectivity index is 2.43. The average Bonchev–Trinajstić information content (AvgIpc) is 2.30. The van der Waals surface area contributed by atoms with Gasteiger partial charge in [0.2, 0.25) is 0 Å². The van der Waals surface area contributed by atoms with Crippen LogP contribution in [0.25, 0.3) is 11.1 Å². The monoisotopic (exact) mass is 219 g/mol. The molecule has 2 rings (SSSR count). The Bertz CT molecular complexity index is 456. The zero-order valence-corrected chi connectivity index (χ0v) is 8.74. The van der Waals surface area contributed by atoms with Crippen LogP contribution in [0.1, 0.15) is 0 Å². The Morgan fingerprint density at radius 2 is 1.67 bits per heavy atom. The van der Waals surface area contributed by atoms with E-state index in [0.29, 0.717) is 10.8 Å². The van der Waals surface area contributed by atoms with E-state index in [-0.39, 0.29) is 0 Å². The Labute approximate surface area is 93.2 Å². The van der Waals surface area contributed by atoms with Crippen molar-refractivity contribution in [3.63, 3.8) is 0 Å². The van der Waals surface area contributed by atoms with Crippen molar-refractivity contribution < 1.29 is 4.84 Å². The third-order valence-electron chi connectivity index (χ3n) is 2.17. The molecule has 0 fully saturated rings. The molecule has 0 aliphatic heterocycles. The first-order valence-corrected chi connectivity index (χ1v) is 4.91. The van der Waals surface area contributed by atoms with Gasteiger partial charge in [0.15, 0.2) is 5.75 Å². The van der Waals surface area contributed by atoms with Crippen molar-refractivity contribution in [2.45, 2.75) is 0 Å². The Hall–Kier alpha value is -1.51. The molecular weight excluding hydrogens is 210 g/mol. The minimum Gasteiger partial charge on any atom is -0.410 e. The molecule has 0 spiro atoms. The van der Waals surface area contributed by atoms with Crippen molar-refractivity contribution in [1.29, 1.82) is 0 Å². The standard InChI is InChI=1S/C12H10ClNO/c13-11-8-10(6-7-12(11)15-14)9-4-2-1-3-5-9/h1-8H,14H2. The lowest BCUT2D eigenvalue weighted by atomic mass is 10.1. The molecule has 0 atom stereocenters. The maximum atomic E-state index is 5.97. The minimum atomic E-state index is 0.483. The summed E-state index contributed by atoms with van der Waals surface area (Å²) >= 11 is 5.97. The molecule has 0 amide bonds. The van der Waals surface area contributed by atoms with Gasteiger partial charge in [0.1, 0.15) is 0 Å². The summed E-state index contributed by atoms with van der Waals surface area (Å²) in [6, 6.07) is 15.5. The summed E-state index contributed by atoms with van der Waals surface area (Å²) in [5.41, 5.74) is 2.16. The van der Waals surface area contributed by atoms with E-state index in [0.717, 1.165) is 11.1 Å². The Kier molecular flexibility index (Phi) is 2.90. The predicted octanol–water partition coefficient (Wildman–Crippen LogP) is 3.26. The fourth-order valence-electron chi connectivity index (χ4n) is 1.41. The molecule has 76 valence electrons. The number of hydrogen-bond donors (Lipinski definition) is 1. The molecule has 2 aromatic carbocycles. The van der Waals surface area contributed by atoms with Gasteiger partial charge < -0.3 is 4.84 Å². The second-order valence-corrected chi connectivity index (χ2v) is 3.54. The van der Waals surface area contributed by atoms with E-state index >= 15 is 0 Å². The van der Waals surface area contributed by atoms with Gasteiger partial charge in [-0.25, -0.2) is 0 Å². The maximum absolute atomic E-state index is 5.97. The van der Waals surface area contributed by atoms with Crippen molar-refractivity contribution in [1.82, 2.24) is 0 Å². The summed E-state index contributed by atoms with van der Waals surface area (Å²) in [6.45, 7) is 0. The molecular formula is C12H10ClNO. The fraction of sp³-hybridized carbons (Fsp3) is 0. The third-order valence-corrected chi connectivity index (χ3v) is 2.46. The van der Waals surface area contributed by atoms with E-state index in [1.165, 1.54) is 0 Å². The summed E-state index contributed by atoms with van der Waals surface area (Å²) in [4.78, 5) is 4.60. The Morgan fingerprint density at radius 1 is 0.933 bits per heavy atom. The normalized spacial score (nSPS) is 10.0. The zero-order chi connectivity index (χ0) is 10.7. The van der Waals surface area contributed by atoms with Crippen LogP contribution >= 0.6 is 11.6 Å². The van der Waals surface area contributed by atoms with Crippen LogP contribution in [0.4, 0.5) is 0 Å². The van der Waals surface area contributed by atoms with Crippen LogP contribution in [-0.4, -0.2) is 0 Å². The first kappa shape index (κ1) is 10.0. The van der Waals surface area contributed by atoms with Gasteiger partial charge in [0, 0.05) is 0 Å². The summed E-state index contributed by atoms with van der Waals surface area (Å²) in [5, 5.41) is 0.513. The highest BCUT2D eigenvalue weighted by Crippen LogP contribution is 2.29. The van der Waals surface area contributed by atoms with Gasteiger partial charge in [0.25, 0.3) is 0 Å². The molecule has 0 aliphatic carbocycles. The highest BCUT2D eigenvalue weighted by Gasteiger charge is 2.03. The summed E-state index contributed by atoms with van der Waals surface area (Å²) < 4.78 is 0. The van der Waals surface area contributed by atoms with Crippen LogP contribution in [0.15, 0.2) is 48.5 Å². The van der Waals surface area contributed by atoms with Crippen LogP contribution < -0.4 is 10.7 Å². The molecule has 0 saturated heterocycles. The van der Waals surface area contributed by atoms with Gasteiger partial charge in [0.05, 0.1) is 5.02 Å². The highest BCUT2D eigenvalue weighted by atomic mass is 35.5. The largest absolute Gasteiger partial charge is 0.410 e. The van der Waals surface area contributed by atoms with Crippen molar-refractivity contribution in [3.8, 4) is 16.9 Å². The SMILES string of the molecule is NOc1ccc(-c2ccccc2)cc1Cl.